The summed E-state index contributed by atoms with van der Waals surface area (Å²) in [5.41, 5.74) is 0.746. The summed E-state index contributed by atoms with van der Waals surface area (Å²) in [4.78, 5) is 8.00. The van der Waals surface area contributed by atoms with Crippen LogP contribution in [0.25, 0.3) is 23.0 Å². The molecule has 0 amide bonds. The number of ether oxygens (including phenoxy) is 1. The molecule has 0 radical (unpaired) electrons. The summed E-state index contributed by atoms with van der Waals surface area (Å²) in [6.07, 6.45) is 1.07. The third kappa shape index (κ3) is 2.53. The SMILES string of the molecule is COc1ccc(-c2nc(-c3ccc(F)cn3)no2)c(O)c1. The summed E-state index contributed by atoms with van der Waals surface area (Å²) in [6.45, 7) is 0. The van der Waals surface area contributed by atoms with Gasteiger partial charge >= 0.3 is 0 Å². The van der Waals surface area contributed by atoms with Gasteiger partial charge in [-0.05, 0) is 24.3 Å². The van der Waals surface area contributed by atoms with Crippen LogP contribution in [-0.4, -0.2) is 27.3 Å². The van der Waals surface area contributed by atoms with Crippen molar-refractivity contribution in [3.63, 3.8) is 0 Å². The Hall–Kier alpha value is -2.96. The maximum Gasteiger partial charge on any atom is 0.262 e. The van der Waals surface area contributed by atoms with Crippen LogP contribution in [0.15, 0.2) is 41.1 Å². The molecule has 2 heterocycles. The van der Waals surface area contributed by atoms with E-state index in [4.69, 9.17) is 9.26 Å². The number of nitrogens with zero attached hydrogens (tertiary/aromatic N) is 3. The molecule has 1 aromatic carbocycles. The minimum Gasteiger partial charge on any atom is -0.507 e. The fourth-order valence-corrected chi connectivity index (χ4v) is 1.76. The molecule has 1 N–H and O–H groups in total. The van der Waals surface area contributed by atoms with Gasteiger partial charge in [0, 0.05) is 6.07 Å². The summed E-state index contributed by atoms with van der Waals surface area (Å²) in [6, 6.07) is 7.40. The summed E-state index contributed by atoms with van der Waals surface area (Å²) in [7, 11) is 1.50. The minimum atomic E-state index is -0.449. The molecule has 0 unspecified atom stereocenters. The van der Waals surface area contributed by atoms with Crippen molar-refractivity contribution in [3.8, 4) is 34.5 Å². The lowest BCUT2D eigenvalue weighted by Gasteiger charge is -2.02. The number of pyridine rings is 1. The highest BCUT2D eigenvalue weighted by molar-refractivity contribution is 5.65. The summed E-state index contributed by atoms with van der Waals surface area (Å²) >= 11 is 0. The Balaban J connectivity index is 1.96. The highest BCUT2D eigenvalue weighted by Gasteiger charge is 2.15. The predicted octanol–water partition coefficient (Wildman–Crippen LogP) is 2.65. The maximum absolute atomic E-state index is 12.8. The number of benzene rings is 1. The lowest BCUT2D eigenvalue weighted by Crippen LogP contribution is -1.87. The number of phenolic OH excluding ortho intramolecular Hbond substituents is 1. The van der Waals surface area contributed by atoms with Gasteiger partial charge in [-0.15, -0.1) is 0 Å². The van der Waals surface area contributed by atoms with Crippen LogP contribution in [0.5, 0.6) is 11.5 Å². The highest BCUT2D eigenvalue weighted by Crippen LogP contribution is 2.32. The van der Waals surface area contributed by atoms with E-state index in [2.05, 4.69) is 15.1 Å². The average Bonchev–Trinajstić information content (AvgIpc) is 2.97. The Morgan fingerprint density at radius 1 is 1.24 bits per heavy atom. The van der Waals surface area contributed by atoms with E-state index in [0.717, 1.165) is 6.20 Å². The van der Waals surface area contributed by atoms with E-state index in [9.17, 15) is 9.50 Å². The third-order valence-electron chi connectivity index (χ3n) is 2.82. The minimum absolute atomic E-state index is 0.0448. The molecule has 6 nitrogen and oxygen atoms in total. The summed E-state index contributed by atoms with van der Waals surface area (Å²) in [5, 5.41) is 13.7. The largest absolute Gasteiger partial charge is 0.507 e. The van der Waals surface area contributed by atoms with Crippen LogP contribution in [0, 0.1) is 5.82 Å². The Labute approximate surface area is 118 Å². The molecular formula is C14H10FN3O3. The van der Waals surface area contributed by atoms with Gasteiger partial charge in [0.1, 0.15) is 23.0 Å². The van der Waals surface area contributed by atoms with Crippen LogP contribution in [0.2, 0.25) is 0 Å². The number of aromatic nitrogens is 3. The monoisotopic (exact) mass is 287 g/mol. The van der Waals surface area contributed by atoms with Crippen LogP contribution >= 0.6 is 0 Å². The van der Waals surface area contributed by atoms with Gasteiger partial charge in [0.15, 0.2) is 0 Å². The Kier molecular flexibility index (Phi) is 3.23. The van der Waals surface area contributed by atoms with Crippen LogP contribution in [0.3, 0.4) is 0 Å². The molecule has 0 spiro atoms. The van der Waals surface area contributed by atoms with E-state index in [1.807, 2.05) is 0 Å². The smallest absolute Gasteiger partial charge is 0.262 e. The van der Waals surface area contributed by atoms with Crippen molar-refractivity contribution in [2.45, 2.75) is 0 Å². The molecule has 7 heteroatoms. The second kappa shape index (κ2) is 5.20. The van der Waals surface area contributed by atoms with Gasteiger partial charge in [0.2, 0.25) is 5.82 Å². The molecule has 106 valence electrons. The second-order valence-electron chi connectivity index (χ2n) is 4.17. The van der Waals surface area contributed by atoms with E-state index in [1.54, 1.807) is 12.1 Å². The predicted molar refractivity (Wildman–Crippen MR) is 71.1 cm³/mol. The molecule has 0 atom stereocenters. The number of hydrogen-bond acceptors (Lipinski definition) is 6. The first-order chi connectivity index (χ1) is 10.2. The van der Waals surface area contributed by atoms with Crippen molar-refractivity contribution in [3.05, 3.63) is 42.3 Å². The molecule has 0 fully saturated rings. The van der Waals surface area contributed by atoms with Gasteiger partial charge in [-0.25, -0.2) is 9.37 Å². The van der Waals surface area contributed by atoms with Gasteiger partial charge in [-0.2, -0.15) is 4.98 Å². The summed E-state index contributed by atoms with van der Waals surface area (Å²) < 4.78 is 22.9. The van der Waals surface area contributed by atoms with Gasteiger partial charge in [-0.3, -0.25) is 0 Å². The van der Waals surface area contributed by atoms with Gasteiger partial charge in [0.05, 0.1) is 18.9 Å². The molecule has 0 saturated carbocycles. The van der Waals surface area contributed by atoms with Crippen molar-refractivity contribution in [2.75, 3.05) is 7.11 Å². The first-order valence-electron chi connectivity index (χ1n) is 6.00. The molecule has 0 bridgehead atoms. The van der Waals surface area contributed by atoms with Crippen molar-refractivity contribution in [1.82, 2.24) is 15.1 Å². The fraction of sp³-hybridized carbons (Fsp3) is 0.0714. The zero-order chi connectivity index (χ0) is 14.8. The average molecular weight is 287 g/mol. The van der Waals surface area contributed by atoms with E-state index in [-0.39, 0.29) is 17.5 Å². The Morgan fingerprint density at radius 3 is 2.76 bits per heavy atom. The Morgan fingerprint density at radius 2 is 2.10 bits per heavy atom. The van der Waals surface area contributed by atoms with Gasteiger partial charge in [-0.1, -0.05) is 5.16 Å². The number of rotatable bonds is 3. The maximum atomic E-state index is 12.8. The van der Waals surface area contributed by atoms with E-state index in [0.29, 0.717) is 17.0 Å². The van der Waals surface area contributed by atoms with Crippen molar-refractivity contribution < 1.29 is 18.8 Å². The lowest BCUT2D eigenvalue weighted by atomic mass is 10.2. The molecule has 2 aromatic heterocycles. The molecule has 3 rings (SSSR count). The molecule has 21 heavy (non-hydrogen) atoms. The van der Waals surface area contributed by atoms with Gasteiger partial charge < -0.3 is 14.4 Å². The van der Waals surface area contributed by atoms with Crippen LogP contribution in [0.1, 0.15) is 0 Å². The molecule has 0 aliphatic carbocycles. The molecule has 0 aliphatic rings. The van der Waals surface area contributed by atoms with Crippen LogP contribution in [0.4, 0.5) is 4.39 Å². The normalized spacial score (nSPS) is 10.6. The second-order valence-corrected chi connectivity index (χ2v) is 4.17. The quantitative estimate of drug-likeness (QED) is 0.797. The van der Waals surface area contributed by atoms with Crippen molar-refractivity contribution >= 4 is 0 Å². The molecule has 3 aromatic rings. The zero-order valence-corrected chi connectivity index (χ0v) is 10.9. The van der Waals surface area contributed by atoms with E-state index >= 15 is 0 Å². The number of phenols is 1. The van der Waals surface area contributed by atoms with Crippen molar-refractivity contribution in [2.24, 2.45) is 0 Å². The molecular weight excluding hydrogens is 277 g/mol. The van der Waals surface area contributed by atoms with Gasteiger partial charge in [0.25, 0.3) is 5.89 Å². The lowest BCUT2D eigenvalue weighted by molar-refractivity contribution is 0.405. The van der Waals surface area contributed by atoms with Crippen LogP contribution in [-0.2, 0) is 0 Å². The Bertz CT molecular complexity index is 771. The van der Waals surface area contributed by atoms with Crippen molar-refractivity contribution in [1.29, 1.82) is 0 Å². The zero-order valence-electron chi connectivity index (χ0n) is 10.9. The topological polar surface area (TPSA) is 81.3 Å². The number of aromatic hydroxyl groups is 1. The molecule has 0 aliphatic heterocycles. The number of hydrogen-bond donors (Lipinski definition) is 1. The first-order valence-corrected chi connectivity index (χ1v) is 6.00. The van der Waals surface area contributed by atoms with Crippen LogP contribution < -0.4 is 4.74 Å². The van der Waals surface area contributed by atoms with E-state index in [1.165, 1.54) is 25.3 Å². The highest BCUT2D eigenvalue weighted by atomic mass is 19.1. The number of halogens is 1. The standard InChI is InChI=1S/C14H10FN3O3/c1-20-9-3-4-10(12(19)6-9)14-17-13(18-21-14)11-5-2-8(15)7-16-11/h2-7,19H,1H3. The molecule has 0 saturated heterocycles. The summed E-state index contributed by atoms with van der Waals surface area (Å²) in [5.74, 6) is 0.361. The first kappa shape index (κ1) is 13.0. The number of methoxy groups -OCH3 is 1. The third-order valence-corrected chi connectivity index (χ3v) is 2.82. The van der Waals surface area contributed by atoms with E-state index < -0.39 is 5.82 Å². The fourth-order valence-electron chi connectivity index (χ4n) is 1.76.